The van der Waals surface area contributed by atoms with Gasteiger partial charge < -0.3 is 10.6 Å². The normalized spacial score (nSPS) is 10.2. The summed E-state index contributed by atoms with van der Waals surface area (Å²) in [5.74, 6) is -0.300. The van der Waals surface area contributed by atoms with Crippen molar-refractivity contribution in [3.8, 4) is 0 Å². The smallest absolute Gasteiger partial charge is 0.283 e. The van der Waals surface area contributed by atoms with Gasteiger partial charge in [-0.25, -0.2) is 0 Å². The number of benzene rings is 2. The monoisotopic (exact) mass is 312 g/mol. The zero-order valence-corrected chi connectivity index (χ0v) is 14.1. The summed E-state index contributed by atoms with van der Waals surface area (Å²) < 4.78 is 0. The van der Waals surface area contributed by atoms with Crippen molar-refractivity contribution in [1.29, 1.82) is 0 Å². The Labute approximate surface area is 136 Å². The van der Waals surface area contributed by atoms with Crippen LogP contribution in [0, 0.1) is 27.7 Å². The molecule has 4 heteroatoms. The summed E-state index contributed by atoms with van der Waals surface area (Å²) in [4.78, 5) is 12.5. The molecule has 0 aromatic heterocycles. The molecule has 0 unspecified atom stereocenters. The van der Waals surface area contributed by atoms with E-state index < -0.39 is 0 Å². The van der Waals surface area contributed by atoms with E-state index in [4.69, 9.17) is 12.2 Å². The van der Waals surface area contributed by atoms with Crippen LogP contribution in [0.1, 0.15) is 22.3 Å². The van der Waals surface area contributed by atoms with Crippen molar-refractivity contribution in [3.63, 3.8) is 0 Å². The number of anilines is 2. The van der Waals surface area contributed by atoms with Crippen LogP contribution < -0.4 is 10.6 Å². The first-order chi connectivity index (χ1) is 10.4. The van der Waals surface area contributed by atoms with E-state index in [-0.39, 0.29) is 10.9 Å². The Hall–Kier alpha value is -2.20. The number of rotatable bonds is 2. The molecule has 0 saturated heterocycles. The van der Waals surface area contributed by atoms with Gasteiger partial charge in [-0.1, -0.05) is 42.5 Å². The third kappa shape index (κ3) is 3.52. The lowest BCUT2D eigenvalue weighted by atomic mass is 10.1. The Morgan fingerprint density at radius 3 is 2.05 bits per heavy atom. The van der Waals surface area contributed by atoms with Crippen molar-refractivity contribution >= 4 is 34.5 Å². The Morgan fingerprint density at radius 2 is 1.41 bits per heavy atom. The molecular weight excluding hydrogens is 292 g/mol. The van der Waals surface area contributed by atoms with Crippen LogP contribution in [-0.4, -0.2) is 10.9 Å². The molecule has 1 amide bonds. The molecule has 0 spiro atoms. The first-order valence-corrected chi connectivity index (χ1v) is 7.55. The highest BCUT2D eigenvalue weighted by Crippen LogP contribution is 2.21. The summed E-state index contributed by atoms with van der Waals surface area (Å²) in [5.41, 5.74) is 5.97. The van der Waals surface area contributed by atoms with Crippen LogP contribution in [0.5, 0.6) is 0 Å². The number of hydrogen-bond acceptors (Lipinski definition) is 2. The summed E-state index contributed by atoms with van der Waals surface area (Å²) >= 11 is 5.23. The van der Waals surface area contributed by atoms with Gasteiger partial charge in [-0.05, 0) is 56.0 Å². The number of nitrogens with one attached hydrogen (secondary N) is 2. The molecule has 2 aromatic rings. The Bertz CT molecular complexity index is 718. The SMILES string of the molecule is Cc1cccc(NC(=O)C(=S)Nc2c(C)cccc2C)c1C. The van der Waals surface area contributed by atoms with Gasteiger partial charge in [-0.3, -0.25) is 4.79 Å². The second-order valence-corrected chi connectivity index (χ2v) is 5.83. The number of carbonyl (C=O) groups excluding carboxylic acids is 1. The van der Waals surface area contributed by atoms with Crippen LogP contribution in [0.25, 0.3) is 0 Å². The lowest BCUT2D eigenvalue weighted by molar-refractivity contribution is -0.110. The molecular formula is C18H20N2OS. The summed E-state index contributed by atoms with van der Waals surface area (Å²) in [6, 6.07) is 11.8. The zero-order chi connectivity index (χ0) is 16.3. The lowest BCUT2D eigenvalue weighted by Gasteiger charge is -2.14. The maximum Gasteiger partial charge on any atom is 0.283 e. The molecule has 0 aliphatic rings. The molecule has 0 bridgehead atoms. The summed E-state index contributed by atoms with van der Waals surface area (Å²) in [6.07, 6.45) is 0. The summed E-state index contributed by atoms with van der Waals surface area (Å²) in [7, 11) is 0. The topological polar surface area (TPSA) is 41.1 Å². The van der Waals surface area contributed by atoms with Gasteiger partial charge in [0.15, 0.2) is 4.99 Å². The van der Waals surface area contributed by atoms with Crippen molar-refractivity contribution < 1.29 is 4.79 Å². The molecule has 0 saturated carbocycles. The van der Waals surface area contributed by atoms with Gasteiger partial charge in [0, 0.05) is 11.4 Å². The molecule has 0 atom stereocenters. The minimum Gasteiger partial charge on any atom is -0.342 e. The van der Waals surface area contributed by atoms with E-state index in [1.54, 1.807) is 0 Å². The summed E-state index contributed by atoms with van der Waals surface area (Å²) in [5, 5.41) is 5.92. The Morgan fingerprint density at radius 1 is 0.864 bits per heavy atom. The van der Waals surface area contributed by atoms with E-state index in [1.807, 2.05) is 64.1 Å². The van der Waals surface area contributed by atoms with Crippen LogP contribution in [0.4, 0.5) is 11.4 Å². The highest BCUT2D eigenvalue weighted by Gasteiger charge is 2.13. The third-order valence-electron chi connectivity index (χ3n) is 3.78. The number of amides is 1. The predicted octanol–water partition coefficient (Wildman–Crippen LogP) is 4.30. The van der Waals surface area contributed by atoms with E-state index in [9.17, 15) is 4.79 Å². The van der Waals surface area contributed by atoms with E-state index in [1.165, 1.54) is 0 Å². The molecule has 0 aliphatic heterocycles. The third-order valence-corrected chi connectivity index (χ3v) is 4.07. The number of carbonyl (C=O) groups is 1. The average Bonchev–Trinajstić information content (AvgIpc) is 2.47. The van der Waals surface area contributed by atoms with Crippen LogP contribution in [0.15, 0.2) is 36.4 Å². The fourth-order valence-corrected chi connectivity index (χ4v) is 2.40. The van der Waals surface area contributed by atoms with Crippen LogP contribution in [-0.2, 0) is 4.79 Å². The van der Waals surface area contributed by atoms with Gasteiger partial charge in [0.1, 0.15) is 0 Å². The first-order valence-electron chi connectivity index (χ1n) is 7.15. The second kappa shape index (κ2) is 6.71. The van der Waals surface area contributed by atoms with Crippen molar-refractivity contribution in [2.24, 2.45) is 0 Å². The largest absolute Gasteiger partial charge is 0.342 e. The average molecular weight is 312 g/mol. The van der Waals surface area contributed by atoms with E-state index in [2.05, 4.69) is 10.6 Å². The first kappa shape index (κ1) is 16.2. The molecule has 0 aliphatic carbocycles. The van der Waals surface area contributed by atoms with Gasteiger partial charge in [0.2, 0.25) is 0 Å². The Kier molecular flexibility index (Phi) is 4.93. The Balaban J connectivity index is 2.13. The van der Waals surface area contributed by atoms with Crippen molar-refractivity contribution in [2.45, 2.75) is 27.7 Å². The number of hydrogen-bond donors (Lipinski definition) is 2. The zero-order valence-electron chi connectivity index (χ0n) is 13.3. The van der Waals surface area contributed by atoms with Crippen LogP contribution >= 0.6 is 12.2 Å². The van der Waals surface area contributed by atoms with Crippen LogP contribution in [0.3, 0.4) is 0 Å². The molecule has 22 heavy (non-hydrogen) atoms. The van der Waals surface area contributed by atoms with Gasteiger partial charge in [-0.15, -0.1) is 0 Å². The minimum atomic E-state index is -0.300. The molecule has 114 valence electrons. The second-order valence-electron chi connectivity index (χ2n) is 5.42. The fraction of sp³-hybridized carbons (Fsp3) is 0.222. The highest BCUT2D eigenvalue weighted by molar-refractivity contribution is 7.82. The molecule has 0 heterocycles. The van der Waals surface area contributed by atoms with Gasteiger partial charge in [-0.2, -0.15) is 0 Å². The molecule has 0 radical (unpaired) electrons. The van der Waals surface area contributed by atoms with Crippen molar-refractivity contribution in [3.05, 3.63) is 58.7 Å². The summed E-state index contributed by atoms with van der Waals surface area (Å²) in [6.45, 7) is 7.96. The maximum absolute atomic E-state index is 12.3. The van der Waals surface area contributed by atoms with Gasteiger partial charge in [0.05, 0.1) is 0 Å². The molecule has 2 rings (SSSR count). The minimum absolute atomic E-state index is 0.165. The van der Waals surface area contributed by atoms with Crippen molar-refractivity contribution in [2.75, 3.05) is 10.6 Å². The molecule has 2 N–H and O–H groups in total. The number of thiocarbonyl (C=S) groups is 1. The highest BCUT2D eigenvalue weighted by atomic mass is 32.1. The lowest BCUT2D eigenvalue weighted by Crippen LogP contribution is -2.28. The van der Waals surface area contributed by atoms with Gasteiger partial charge in [0.25, 0.3) is 5.91 Å². The van der Waals surface area contributed by atoms with E-state index in [0.29, 0.717) is 0 Å². The number of para-hydroxylation sites is 1. The van der Waals surface area contributed by atoms with Gasteiger partial charge >= 0.3 is 0 Å². The molecule has 3 nitrogen and oxygen atoms in total. The van der Waals surface area contributed by atoms with E-state index in [0.717, 1.165) is 33.6 Å². The van der Waals surface area contributed by atoms with E-state index >= 15 is 0 Å². The predicted molar refractivity (Wildman–Crippen MR) is 96.7 cm³/mol. The molecule has 2 aromatic carbocycles. The van der Waals surface area contributed by atoms with Crippen LogP contribution in [0.2, 0.25) is 0 Å². The quantitative estimate of drug-likeness (QED) is 0.812. The number of aryl methyl sites for hydroxylation is 3. The maximum atomic E-state index is 12.3. The fourth-order valence-electron chi connectivity index (χ4n) is 2.25. The molecule has 0 fully saturated rings. The standard InChI is InChI=1S/C18H20N2OS/c1-11-7-6-10-15(14(11)4)19-17(21)18(22)20-16-12(2)8-5-9-13(16)3/h5-10H,1-4H3,(H,19,21)(H,20,22). The van der Waals surface area contributed by atoms with Crippen molar-refractivity contribution in [1.82, 2.24) is 0 Å².